The molecule has 0 aliphatic carbocycles. The van der Waals surface area contributed by atoms with Gasteiger partial charge in [0, 0.05) is 48.9 Å². The van der Waals surface area contributed by atoms with E-state index < -0.39 is 0 Å². The molecule has 7 heteroatoms. The summed E-state index contributed by atoms with van der Waals surface area (Å²) < 4.78 is 7.81. The van der Waals surface area contributed by atoms with Crippen LogP contribution in [-0.4, -0.2) is 65.5 Å². The molecule has 0 radical (unpaired) electrons. The fourth-order valence-corrected chi connectivity index (χ4v) is 5.17. The topological polar surface area (TPSA) is 54.1 Å². The Labute approximate surface area is 189 Å². The number of aromatic nitrogens is 1. The number of rotatable bonds is 7. The monoisotopic (exact) mass is 439 g/mol. The molecular formula is C24H33N5OS. The molecule has 0 bridgehead atoms. The average Bonchev–Trinajstić information content (AvgIpc) is 3.11. The molecule has 4 rings (SSSR count). The Kier molecular flexibility index (Phi) is 7.48. The van der Waals surface area contributed by atoms with E-state index in [0.29, 0.717) is 6.04 Å². The van der Waals surface area contributed by atoms with E-state index >= 15 is 0 Å². The summed E-state index contributed by atoms with van der Waals surface area (Å²) in [6, 6.07) is 13.2. The van der Waals surface area contributed by atoms with Crippen molar-refractivity contribution in [2.24, 2.45) is 10.1 Å². The first-order valence-corrected chi connectivity index (χ1v) is 12.2. The van der Waals surface area contributed by atoms with Crippen molar-refractivity contribution in [3.63, 3.8) is 0 Å². The summed E-state index contributed by atoms with van der Waals surface area (Å²) in [6.07, 6.45) is 1.07. The Hall–Kier alpha value is -2.09. The van der Waals surface area contributed by atoms with Crippen LogP contribution in [-0.2, 0) is 4.74 Å². The van der Waals surface area contributed by atoms with Crippen LogP contribution in [0.5, 0.6) is 0 Å². The number of nitrogens with zero attached hydrogens (tertiary/aromatic N) is 4. The Bertz CT molecular complexity index is 931. The number of aliphatic imine (C=N–C) groups is 1. The highest BCUT2D eigenvalue weighted by Crippen LogP contribution is 2.27. The minimum atomic E-state index is 0.295. The fraction of sp³-hybridized carbons (Fsp3) is 0.500. The number of hydrogen-bond acceptors (Lipinski definition) is 5. The van der Waals surface area contributed by atoms with Gasteiger partial charge in [-0.2, -0.15) is 5.10 Å². The number of thioether (sulfide) groups is 1. The summed E-state index contributed by atoms with van der Waals surface area (Å²) in [6.45, 7) is 12.4. The molecule has 1 saturated heterocycles. The van der Waals surface area contributed by atoms with E-state index in [1.165, 1.54) is 22.5 Å². The molecule has 2 aromatic rings. The minimum absolute atomic E-state index is 0.295. The van der Waals surface area contributed by atoms with Crippen molar-refractivity contribution in [2.75, 3.05) is 45.1 Å². The van der Waals surface area contributed by atoms with Gasteiger partial charge < -0.3 is 9.30 Å². The highest BCUT2D eigenvalue weighted by Gasteiger charge is 2.21. The lowest BCUT2D eigenvalue weighted by Crippen LogP contribution is -2.37. The van der Waals surface area contributed by atoms with Gasteiger partial charge >= 0.3 is 0 Å². The van der Waals surface area contributed by atoms with Gasteiger partial charge in [-0.05, 0) is 38.8 Å². The maximum Gasteiger partial charge on any atom is 0.177 e. The van der Waals surface area contributed by atoms with Crippen LogP contribution in [0.15, 0.2) is 46.5 Å². The van der Waals surface area contributed by atoms with Gasteiger partial charge in [0.1, 0.15) is 0 Å². The predicted molar refractivity (Wildman–Crippen MR) is 130 cm³/mol. The molecule has 166 valence electrons. The zero-order chi connectivity index (χ0) is 21.6. The van der Waals surface area contributed by atoms with Crippen LogP contribution in [0.25, 0.3) is 0 Å². The van der Waals surface area contributed by atoms with Gasteiger partial charge in [-0.25, -0.2) is 0 Å². The van der Waals surface area contributed by atoms with Crippen LogP contribution in [0.4, 0.5) is 0 Å². The Balaban J connectivity index is 1.37. The number of aryl methyl sites for hydroxylation is 1. The van der Waals surface area contributed by atoms with Gasteiger partial charge in [0.2, 0.25) is 0 Å². The summed E-state index contributed by atoms with van der Waals surface area (Å²) in [7, 11) is 0. The third-order valence-corrected chi connectivity index (χ3v) is 7.00. The highest BCUT2D eigenvalue weighted by molar-refractivity contribution is 8.14. The Morgan fingerprint density at radius 1 is 1.19 bits per heavy atom. The molecule has 2 aliphatic heterocycles. The van der Waals surface area contributed by atoms with Crippen LogP contribution in [0.3, 0.4) is 0 Å². The van der Waals surface area contributed by atoms with Crippen molar-refractivity contribution in [3.05, 3.63) is 58.9 Å². The molecule has 31 heavy (non-hydrogen) atoms. The summed E-state index contributed by atoms with van der Waals surface area (Å²) in [5.41, 5.74) is 9.35. The van der Waals surface area contributed by atoms with E-state index in [2.05, 4.69) is 77.2 Å². The number of benzene rings is 1. The van der Waals surface area contributed by atoms with E-state index in [-0.39, 0.29) is 0 Å². The van der Waals surface area contributed by atoms with Crippen LogP contribution in [0.1, 0.15) is 41.9 Å². The second kappa shape index (κ2) is 10.5. The second-order valence-electron chi connectivity index (χ2n) is 8.19. The molecule has 2 aliphatic rings. The highest BCUT2D eigenvalue weighted by atomic mass is 32.2. The first kappa shape index (κ1) is 22.1. The SMILES string of the molecule is Cc1cc(C2=NNC(=NCCCN3CCOCC3)SC2)c(C)n1[C@@H](C)c1ccccc1. The molecule has 0 saturated carbocycles. The normalized spacial score (nSPS) is 19.8. The van der Waals surface area contributed by atoms with Crippen molar-refractivity contribution in [3.8, 4) is 0 Å². The maximum atomic E-state index is 5.40. The summed E-state index contributed by atoms with van der Waals surface area (Å²) in [4.78, 5) is 7.16. The van der Waals surface area contributed by atoms with Crippen molar-refractivity contribution in [1.29, 1.82) is 0 Å². The van der Waals surface area contributed by atoms with Crippen molar-refractivity contribution >= 4 is 22.6 Å². The molecule has 3 heterocycles. The summed E-state index contributed by atoms with van der Waals surface area (Å²) in [5, 5.41) is 5.60. The Morgan fingerprint density at radius 3 is 2.68 bits per heavy atom. The lowest BCUT2D eigenvalue weighted by Gasteiger charge is -2.26. The smallest absolute Gasteiger partial charge is 0.177 e. The third kappa shape index (κ3) is 5.40. The van der Waals surface area contributed by atoms with Gasteiger partial charge in [0.15, 0.2) is 5.17 Å². The molecule has 6 nitrogen and oxygen atoms in total. The first-order chi connectivity index (χ1) is 15.1. The number of hydrogen-bond donors (Lipinski definition) is 1. The maximum absolute atomic E-state index is 5.40. The zero-order valence-corrected chi connectivity index (χ0v) is 19.6. The minimum Gasteiger partial charge on any atom is -0.379 e. The number of hydrazone groups is 1. The quantitative estimate of drug-likeness (QED) is 0.666. The van der Waals surface area contributed by atoms with Gasteiger partial charge in [0.05, 0.1) is 25.0 Å². The van der Waals surface area contributed by atoms with Crippen molar-refractivity contribution < 1.29 is 4.74 Å². The van der Waals surface area contributed by atoms with Crippen LogP contribution >= 0.6 is 11.8 Å². The fourth-order valence-electron chi connectivity index (χ4n) is 4.38. The van der Waals surface area contributed by atoms with Crippen molar-refractivity contribution in [2.45, 2.75) is 33.2 Å². The van der Waals surface area contributed by atoms with Gasteiger partial charge in [0.25, 0.3) is 0 Å². The first-order valence-electron chi connectivity index (χ1n) is 11.2. The van der Waals surface area contributed by atoms with Gasteiger partial charge in [-0.15, -0.1) is 0 Å². The molecule has 1 fully saturated rings. The zero-order valence-electron chi connectivity index (χ0n) is 18.8. The number of nitrogens with one attached hydrogen (secondary N) is 1. The molecule has 1 N–H and O–H groups in total. The molecule has 1 aromatic carbocycles. The average molecular weight is 440 g/mol. The predicted octanol–water partition coefficient (Wildman–Crippen LogP) is 3.83. The van der Waals surface area contributed by atoms with Crippen molar-refractivity contribution in [1.82, 2.24) is 14.9 Å². The number of ether oxygens (including phenoxy) is 1. The molecule has 0 amide bonds. The molecule has 1 atom stereocenters. The van der Waals surface area contributed by atoms with Crippen LogP contribution in [0, 0.1) is 13.8 Å². The standard InChI is InChI=1S/C24H33N5OS/c1-18-16-22(20(3)29(18)19(2)21-8-5-4-6-9-21)23-17-31-24(27-26-23)25-10-7-11-28-12-14-30-15-13-28/h4-6,8-9,16,19H,7,10-15,17H2,1-3H3,(H,25,27)/t19-/m0/s1. The largest absolute Gasteiger partial charge is 0.379 e. The summed E-state index contributed by atoms with van der Waals surface area (Å²) in [5.74, 6) is 0.847. The van der Waals surface area contributed by atoms with Crippen LogP contribution in [0.2, 0.25) is 0 Å². The van der Waals surface area contributed by atoms with Gasteiger partial charge in [-0.1, -0.05) is 42.1 Å². The lowest BCUT2D eigenvalue weighted by molar-refractivity contribution is 0.0377. The van der Waals surface area contributed by atoms with E-state index in [4.69, 9.17) is 9.73 Å². The third-order valence-electron chi connectivity index (χ3n) is 6.09. The molecule has 0 spiro atoms. The molecule has 0 unspecified atom stereocenters. The molecular weight excluding hydrogens is 406 g/mol. The Morgan fingerprint density at radius 2 is 1.97 bits per heavy atom. The van der Waals surface area contributed by atoms with E-state index in [9.17, 15) is 0 Å². The van der Waals surface area contributed by atoms with E-state index in [1.807, 2.05) is 0 Å². The summed E-state index contributed by atoms with van der Waals surface area (Å²) >= 11 is 1.75. The number of morpholine rings is 1. The van der Waals surface area contributed by atoms with E-state index in [1.54, 1.807) is 11.8 Å². The van der Waals surface area contributed by atoms with Crippen LogP contribution < -0.4 is 5.43 Å². The molecule has 1 aromatic heterocycles. The number of amidine groups is 1. The lowest BCUT2D eigenvalue weighted by atomic mass is 10.1. The van der Waals surface area contributed by atoms with Gasteiger partial charge in [-0.3, -0.25) is 15.3 Å². The second-order valence-corrected chi connectivity index (χ2v) is 9.16. The van der Waals surface area contributed by atoms with E-state index in [0.717, 1.165) is 62.4 Å².